The first-order chi connectivity index (χ1) is 11.6. The van der Waals surface area contributed by atoms with Crippen molar-refractivity contribution in [2.24, 2.45) is 0 Å². The lowest BCUT2D eigenvalue weighted by Gasteiger charge is -2.31. The molecule has 1 saturated heterocycles. The van der Waals surface area contributed by atoms with Crippen LogP contribution >= 0.6 is 11.3 Å². The summed E-state index contributed by atoms with van der Waals surface area (Å²) in [5, 5.41) is 0.941. The van der Waals surface area contributed by atoms with Crippen LogP contribution in [-0.2, 0) is 6.54 Å². The van der Waals surface area contributed by atoms with Gasteiger partial charge in [0.25, 0.3) is 0 Å². The Morgan fingerprint density at radius 2 is 2.00 bits per heavy atom. The number of likely N-dealkylation sites (N-methyl/N-ethyl adjacent to an activating group) is 1. The largest absolute Gasteiger partial charge is 0.458 e. The van der Waals surface area contributed by atoms with Crippen LogP contribution in [0.4, 0.5) is 5.82 Å². The van der Waals surface area contributed by atoms with Gasteiger partial charge in [-0.3, -0.25) is 4.90 Å². The highest BCUT2D eigenvalue weighted by molar-refractivity contribution is 7.18. The standard InChI is InChI=1S/C17H21N5OS/c1-11-3-4-14(23-11)16-19-15(18)13-9-12(24-17(13)20-16)10-22-7-5-21(2)6-8-22/h3-4,9H,5-8,10H2,1-2H3,(H2,18,19,20). The number of furan rings is 1. The summed E-state index contributed by atoms with van der Waals surface area (Å²) in [5.74, 6) is 2.58. The van der Waals surface area contributed by atoms with Crippen molar-refractivity contribution < 1.29 is 4.42 Å². The third kappa shape index (κ3) is 3.02. The number of piperazine rings is 1. The highest BCUT2D eigenvalue weighted by atomic mass is 32.1. The SMILES string of the molecule is Cc1ccc(-c2nc(N)c3cc(CN4CCN(C)CC4)sc3n2)o1. The molecule has 3 aromatic heterocycles. The maximum atomic E-state index is 6.16. The number of fused-ring (bicyclic) bond motifs is 1. The molecule has 3 aromatic rings. The average Bonchev–Trinajstić information content (AvgIpc) is 3.16. The number of nitrogens with zero attached hydrogens (tertiary/aromatic N) is 4. The van der Waals surface area contributed by atoms with Crippen molar-refractivity contribution in [1.29, 1.82) is 0 Å². The first-order valence-electron chi connectivity index (χ1n) is 8.12. The van der Waals surface area contributed by atoms with Gasteiger partial charge in [0.1, 0.15) is 16.4 Å². The molecule has 1 aliphatic heterocycles. The summed E-state index contributed by atoms with van der Waals surface area (Å²) in [7, 11) is 2.17. The normalized spacial score (nSPS) is 16.9. The number of aryl methyl sites for hydroxylation is 1. The molecular weight excluding hydrogens is 322 g/mol. The van der Waals surface area contributed by atoms with Gasteiger partial charge in [0.2, 0.25) is 0 Å². The third-order valence-electron chi connectivity index (χ3n) is 4.41. The van der Waals surface area contributed by atoms with Gasteiger partial charge < -0.3 is 15.1 Å². The zero-order valence-corrected chi connectivity index (χ0v) is 14.8. The van der Waals surface area contributed by atoms with Crippen LogP contribution in [-0.4, -0.2) is 53.0 Å². The number of rotatable bonds is 3. The van der Waals surface area contributed by atoms with Gasteiger partial charge in [-0.2, -0.15) is 0 Å². The third-order valence-corrected chi connectivity index (χ3v) is 5.42. The van der Waals surface area contributed by atoms with Crippen molar-refractivity contribution in [3.05, 3.63) is 28.8 Å². The minimum atomic E-state index is 0.518. The fourth-order valence-corrected chi connectivity index (χ4v) is 4.04. The van der Waals surface area contributed by atoms with Crippen molar-refractivity contribution >= 4 is 27.4 Å². The zero-order valence-electron chi connectivity index (χ0n) is 14.0. The number of nitrogens with two attached hydrogens (primary N) is 1. The average molecular weight is 343 g/mol. The van der Waals surface area contributed by atoms with E-state index in [9.17, 15) is 0 Å². The molecule has 4 heterocycles. The van der Waals surface area contributed by atoms with Gasteiger partial charge in [0.05, 0.1) is 5.39 Å². The predicted molar refractivity (Wildman–Crippen MR) is 97.0 cm³/mol. The van der Waals surface area contributed by atoms with E-state index in [1.807, 2.05) is 19.1 Å². The predicted octanol–water partition coefficient (Wildman–Crippen LogP) is 2.59. The Morgan fingerprint density at radius 3 is 2.71 bits per heavy atom. The quantitative estimate of drug-likeness (QED) is 0.788. The lowest BCUT2D eigenvalue weighted by Crippen LogP contribution is -2.43. The molecule has 0 bridgehead atoms. The Kier molecular flexibility index (Phi) is 3.99. The minimum Gasteiger partial charge on any atom is -0.458 e. The molecule has 0 unspecified atom stereocenters. The molecule has 24 heavy (non-hydrogen) atoms. The molecule has 126 valence electrons. The van der Waals surface area contributed by atoms with Gasteiger partial charge in [-0.15, -0.1) is 11.3 Å². The lowest BCUT2D eigenvalue weighted by molar-refractivity contribution is 0.149. The Bertz CT molecular complexity index is 863. The summed E-state index contributed by atoms with van der Waals surface area (Å²) < 4.78 is 5.62. The summed E-state index contributed by atoms with van der Waals surface area (Å²) in [6.45, 7) is 7.30. The van der Waals surface area contributed by atoms with Gasteiger partial charge >= 0.3 is 0 Å². The van der Waals surface area contributed by atoms with E-state index in [1.165, 1.54) is 4.88 Å². The van der Waals surface area contributed by atoms with E-state index in [1.54, 1.807) is 11.3 Å². The molecule has 0 amide bonds. The summed E-state index contributed by atoms with van der Waals surface area (Å²) in [6.07, 6.45) is 0. The molecule has 0 atom stereocenters. The van der Waals surface area contributed by atoms with Crippen LogP contribution in [0.5, 0.6) is 0 Å². The molecule has 0 aromatic carbocycles. The number of hydrogen-bond donors (Lipinski definition) is 1. The van der Waals surface area contributed by atoms with Crippen molar-refractivity contribution in [1.82, 2.24) is 19.8 Å². The second-order valence-electron chi connectivity index (χ2n) is 6.35. The van der Waals surface area contributed by atoms with E-state index in [0.717, 1.165) is 48.7 Å². The molecular formula is C17H21N5OS. The second kappa shape index (κ2) is 6.16. The Labute approximate surface area is 144 Å². The summed E-state index contributed by atoms with van der Waals surface area (Å²) in [6, 6.07) is 5.92. The number of nitrogen functional groups attached to an aromatic ring is 1. The number of thiophene rings is 1. The maximum Gasteiger partial charge on any atom is 0.199 e. The monoisotopic (exact) mass is 343 g/mol. The van der Waals surface area contributed by atoms with Crippen LogP contribution < -0.4 is 5.73 Å². The fourth-order valence-electron chi connectivity index (χ4n) is 2.96. The van der Waals surface area contributed by atoms with E-state index in [-0.39, 0.29) is 0 Å². The van der Waals surface area contributed by atoms with E-state index >= 15 is 0 Å². The van der Waals surface area contributed by atoms with Crippen LogP contribution in [0, 0.1) is 6.92 Å². The van der Waals surface area contributed by atoms with Crippen LogP contribution in [0.1, 0.15) is 10.6 Å². The van der Waals surface area contributed by atoms with E-state index < -0.39 is 0 Å². The van der Waals surface area contributed by atoms with Gasteiger partial charge in [-0.25, -0.2) is 9.97 Å². The molecule has 7 heteroatoms. The van der Waals surface area contributed by atoms with Crippen LogP contribution in [0.25, 0.3) is 21.8 Å². The molecule has 0 spiro atoms. The molecule has 0 aliphatic carbocycles. The van der Waals surface area contributed by atoms with Gasteiger partial charge in [0.15, 0.2) is 11.6 Å². The molecule has 1 fully saturated rings. The van der Waals surface area contributed by atoms with Crippen molar-refractivity contribution in [2.45, 2.75) is 13.5 Å². The van der Waals surface area contributed by atoms with Crippen molar-refractivity contribution in [3.63, 3.8) is 0 Å². The van der Waals surface area contributed by atoms with Crippen molar-refractivity contribution in [3.8, 4) is 11.6 Å². The highest BCUT2D eigenvalue weighted by Crippen LogP contribution is 2.31. The van der Waals surface area contributed by atoms with Gasteiger partial charge in [0, 0.05) is 37.6 Å². The smallest absolute Gasteiger partial charge is 0.199 e. The first kappa shape index (κ1) is 15.6. The topological polar surface area (TPSA) is 71.4 Å². The Hall–Kier alpha value is -1.96. The summed E-state index contributed by atoms with van der Waals surface area (Å²) in [4.78, 5) is 16.1. The van der Waals surface area contributed by atoms with Gasteiger partial charge in [-0.1, -0.05) is 0 Å². The van der Waals surface area contributed by atoms with Crippen LogP contribution in [0.2, 0.25) is 0 Å². The van der Waals surface area contributed by atoms with E-state index in [4.69, 9.17) is 10.2 Å². The fraction of sp³-hybridized carbons (Fsp3) is 0.412. The van der Waals surface area contributed by atoms with Crippen molar-refractivity contribution in [2.75, 3.05) is 39.0 Å². The molecule has 0 radical (unpaired) electrons. The highest BCUT2D eigenvalue weighted by Gasteiger charge is 2.17. The Balaban J connectivity index is 1.61. The first-order valence-corrected chi connectivity index (χ1v) is 8.94. The lowest BCUT2D eigenvalue weighted by atomic mass is 10.3. The maximum absolute atomic E-state index is 6.16. The molecule has 0 saturated carbocycles. The number of hydrogen-bond acceptors (Lipinski definition) is 7. The number of aromatic nitrogens is 2. The minimum absolute atomic E-state index is 0.518. The van der Waals surface area contributed by atoms with E-state index in [0.29, 0.717) is 17.4 Å². The molecule has 4 rings (SSSR count). The number of anilines is 1. The molecule has 2 N–H and O–H groups in total. The summed E-state index contributed by atoms with van der Waals surface area (Å²) >= 11 is 1.69. The zero-order chi connectivity index (χ0) is 16.7. The molecule has 1 aliphatic rings. The van der Waals surface area contributed by atoms with Crippen LogP contribution in [0.3, 0.4) is 0 Å². The van der Waals surface area contributed by atoms with E-state index in [2.05, 4.69) is 32.9 Å². The summed E-state index contributed by atoms with van der Waals surface area (Å²) in [5.41, 5.74) is 6.16. The second-order valence-corrected chi connectivity index (χ2v) is 7.47. The van der Waals surface area contributed by atoms with Gasteiger partial charge in [-0.05, 0) is 32.2 Å². The molecule has 6 nitrogen and oxygen atoms in total. The van der Waals surface area contributed by atoms with Crippen LogP contribution in [0.15, 0.2) is 22.6 Å². The Morgan fingerprint density at radius 1 is 1.21 bits per heavy atom.